The Labute approximate surface area is 129 Å². The summed E-state index contributed by atoms with van der Waals surface area (Å²) in [5, 5.41) is 21.7. The van der Waals surface area contributed by atoms with E-state index in [9.17, 15) is 15.0 Å². The van der Waals surface area contributed by atoms with E-state index < -0.39 is 6.10 Å². The minimum absolute atomic E-state index is 0.0879. The number of esters is 1. The molecule has 2 N–H and O–H groups in total. The predicted molar refractivity (Wildman–Crippen MR) is 83.8 cm³/mol. The molecule has 2 aromatic carbocycles. The summed E-state index contributed by atoms with van der Waals surface area (Å²) in [5.74, 6) is -0.0573. The first kappa shape index (κ1) is 14.9. The Hall–Kier alpha value is -2.07. The van der Waals surface area contributed by atoms with Crippen LogP contribution in [-0.2, 0) is 16.0 Å². The Morgan fingerprint density at radius 1 is 1.27 bits per heavy atom. The third-order valence-electron chi connectivity index (χ3n) is 4.32. The molecule has 0 spiro atoms. The average Bonchev–Trinajstić information content (AvgIpc) is 2.46. The van der Waals surface area contributed by atoms with Crippen molar-refractivity contribution in [3.8, 4) is 5.75 Å². The molecule has 0 amide bonds. The van der Waals surface area contributed by atoms with Crippen molar-refractivity contribution in [2.75, 3.05) is 0 Å². The Morgan fingerprint density at radius 2 is 2.09 bits per heavy atom. The second-order valence-corrected chi connectivity index (χ2v) is 5.98. The fraction of sp³-hybridized carbons (Fsp3) is 0.389. The van der Waals surface area contributed by atoms with Crippen LogP contribution in [0.1, 0.15) is 30.4 Å². The molecule has 0 bridgehead atoms. The van der Waals surface area contributed by atoms with E-state index in [2.05, 4.69) is 0 Å². The number of aliphatic hydroxyl groups excluding tert-OH is 1. The van der Waals surface area contributed by atoms with E-state index in [-0.39, 0.29) is 24.2 Å². The number of aliphatic hydroxyl groups is 1. The number of fused-ring (bicyclic) bond motifs is 1. The fourth-order valence-electron chi connectivity index (χ4n) is 3.20. The van der Waals surface area contributed by atoms with Crippen molar-refractivity contribution >= 4 is 16.7 Å². The Balaban J connectivity index is 1.85. The maximum absolute atomic E-state index is 11.4. The molecule has 1 aliphatic heterocycles. The Morgan fingerprint density at radius 3 is 2.86 bits per heavy atom. The molecule has 3 rings (SSSR count). The van der Waals surface area contributed by atoms with Gasteiger partial charge >= 0.3 is 5.97 Å². The van der Waals surface area contributed by atoms with Crippen LogP contribution in [0.15, 0.2) is 30.3 Å². The van der Waals surface area contributed by atoms with Crippen molar-refractivity contribution in [3.63, 3.8) is 0 Å². The van der Waals surface area contributed by atoms with Crippen LogP contribution < -0.4 is 0 Å². The summed E-state index contributed by atoms with van der Waals surface area (Å²) in [7, 11) is 0. The molecule has 4 nitrogen and oxygen atoms in total. The van der Waals surface area contributed by atoms with Crippen LogP contribution in [0.2, 0.25) is 0 Å². The van der Waals surface area contributed by atoms with Crippen molar-refractivity contribution in [2.24, 2.45) is 0 Å². The molecule has 2 unspecified atom stereocenters. The van der Waals surface area contributed by atoms with Gasteiger partial charge < -0.3 is 14.9 Å². The summed E-state index contributed by atoms with van der Waals surface area (Å²) in [6.45, 7) is 2.02. The van der Waals surface area contributed by atoms with Crippen molar-refractivity contribution in [1.29, 1.82) is 0 Å². The highest BCUT2D eigenvalue weighted by molar-refractivity contribution is 5.92. The second kappa shape index (κ2) is 5.97. The topological polar surface area (TPSA) is 66.8 Å². The number of aryl methyl sites for hydroxylation is 2. The molecule has 0 aliphatic carbocycles. The second-order valence-electron chi connectivity index (χ2n) is 5.98. The highest BCUT2D eigenvalue weighted by atomic mass is 16.5. The van der Waals surface area contributed by atoms with Gasteiger partial charge in [-0.3, -0.25) is 4.79 Å². The number of cyclic esters (lactones) is 1. The molecule has 1 heterocycles. The molecule has 2 aromatic rings. The molecule has 0 saturated carbocycles. The lowest BCUT2D eigenvalue weighted by Crippen LogP contribution is -2.32. The van der Waals surface area contributed by atoms with E-state index in [0.717, 1.165) is 21.9 Å². The van der Waals surface area contributed by atoms with E-state index in [1.54, 1.807) is 6.07 Å². The quantitative estimate of drug-likeness (QED) is 0.855. The van der Waals surface area contributed by atoms with Crippen LogP contribution in [0.4, 0.5) is 0 Å². The molecule has 22 heavy (non-hydrogen) atoms. The van der Waals surface area contributed by atoms with Gasteiger partial charge in [0.2, 0.25) is 0 Å². The molecule has 4 heteroatoms. The smallest absolute Gasteiger partial charge is 0.308 e. The standard InChI is InChI=1S/C18H20O4/c1-11-5-6-12-3-2-4-16(20)18(12)15(11)8-7-14-9-13(19)10-17(21)22-14/h2-6,13-14,19-20H,7-10H2,1H3. The van der Waals surface area contributed by atoms with E-state index in [1.165, 1.54) is 0 Å². The lowest BCUT2D eigenvalue weighted by atomic mass is 9.93. The SMILES string of the molecule is Cc1ccc2cccc(O)c2c1CCC1CC(O)CC(=O)O1. The third kappa shape index (κ3) is 2.92. The zero-order valence-corrected chi connectivity index (χ0v) is 12.6. The number of phenolic OH excluding ortho intramolecular Hbond substituents is 1. The minimum Gasteiger partial charge on any atom is -0.507 e. The lowest BCUT2D eigenvalue weighted by molar-refractivity contribution is -0.160. The van der Waals surface area contributed by atoms with Crippen molar-refractivity contribution in [3.05, 3.63) is 41.5 Å². The highest BCUT2D eigenvalue weighted by Gasteiger charge is 2.27. The number of benzene rings is 2. The number of carbonyl (C=O) groups excluding carboxylic acids is 1. The number of hydrogen-bond donors (Lipinski definition) is 2. The zero-order valence-electron chi connectivity index (χ0n) is 12.6. The van der Waals surface area contributed by atoms with Crippen LogP contribution in [0.5, 0.6) is 5.75 Å². The predicted octanol–water partition coefficient (Wildman–Crippen LogP) is 2.85. The van der Waals surface area contributed by atoms with Crippen LogP contribution in [0, 0.1) is 6.92 Å². The van der Waals surface area contributed by atoms with Gasteiger partial charge in [-0.2, -0.15) is 0 Å². The van der Waals surface area contributed by atoms with Gasteiger partial charge in [0, 0.05) is 11.8 Å². The van der Waals surface area contributed by atoms with E-state index >= 15 is 0 Å². The van der Waals surface area contributed by atoms with Gasteiger partial charge in [-0.1, -0.05) is 24.3 Å². The van der Waals surface area contributed by atoms with Gasteiger partial charge in [-0.25, -0.2) is 0 Å². The van der Waals surface area contributed by atoms with Crippen LogP contribution in [0.3, 0.4) is 0 Å². The molecular formula is C18H20O4. The van der Waals surface area contributed by atoms with Crippen molar-refractivity contribution < 1.29 is 19.7 Å². The largest absolute Gasteiger partial charge is 0.507 e. The maximum atomic E-state index is 11.4. The Kier molecular flexibility index (Phi) is 4.03. The molecular weight excluding hydrogens is 280 g/mol. The lowest BCUT2D eigenvalue weighted by Gasteiger charge is -2.26. The molecule has 1 fully saturated rings. The summed E-state index contributed by atoms with van der Waals surface area (Å²) >= 11 is 0. The van der Waals surface area contributed by atoms with Crippen LogP contribution in [-0.4, -0.2) is 28.4 Å². The number of hydrogen-bond acceptors (Lipinski definition) is 4. The monoisotopic (exact) mass is 300 g/mol. The van der Waals surface area contributed by atoms with Gasteiger partial charge in [-0.15, -0.1) is 0 Å². The summed E-state index contributed by atoms with van der Waals surface area (Å²) in [4.78, 5) is 11.4. The number of rotatable bonds is 3. The maximum Gasteiger partial charge on any atom is 0.308 e. The fourth-order valence-corrected chi connectivity index (χ4v) is 3.20. The average molecular weight is 300 g/mol. The van der Waals surface area contributed by atoms with E-state index in [4.69, 9.17) is 4.74 Å². The van der Waals surface area contributed by atoms with Gasteiger partial charge in [0.25, 0.3) is 0 Å². The summed E-state index contributed by atoms with van der Waals surface area (Å²) in [6.07, 6.45) is 1.07. The van der Waals surface area contributed by atoms with Crippen LogP contribution >= 0.6 is 0 Å². The normalized spacial score (nSPS) is 21.8. The first-order valence-electron chi connectivity index (χ1n) is 7.62. The first-order chi connectivity index (χ1) is 10.5. The van der Waals surface area contributed by atoms with Gasteiger partial charge in [-0.05, 0) is 42.3 Å². The molecule has 116 valence electrons. The molecule has 1 saturated heterocycles. The summed E-state index contributed by atoms with van der Waals surface area (Å²) < 4.78 is 5.30. The molecule has 0 aromatic heterocycles. The Bertz CT molecular complexity index is 708. The van der Waals surface area contributed by atoms with Crippen LogP contribution in [0.25, 0.3) is 10.8 Å². The minimum atomic E-state index is -0.603. The number of ether oxygens (including phenoxy) is 1. The van der Waals surface area contributed by atoms with E-state index in [0.29, 0.717) is 19.3 Å². The third-order valence-corrected chi connectivity index (χ3v) is 4.32. The highest BCUT2D eigenvalue weighted by Crippen LogP contribution is 2.32. The van der Waals surface area contributed by atoms with Crippen molar-refractivity contribution in [2.45, 2.75) is 44.8 Å². The molecule has 0 radical (unpaired) electrons. The molecule has 1 aliphatic rings. The zero-order chi connectivity index (χ0) is 15.7. The summed E-state index contributed by atoms with van der Waals surface area (Å²) in [5.41, 5.74) is 2.18. The van der Waals surface area contributed by atoms with Crippen molar-refractivity contribution in [1.82, 2.24) is 0 Å². The van der Waals surface area contributed by atoms with Gasteiger partial charge in [0.05, 0.1) is 12.5 Å². The number of carbonyl (C=O) groups is 1. The summed E-state index contributed by atoms with van der Waals surface area (Å²) in [6, 6.07) is 9.53. The first-order valence-corrected chi connectivity index (χ1v) is 7.62. The number of aromatic hydroxyl groups is 1. The molecule has 2 atom stereocenters. The van der Waals surface area contributed by atoms with E-state index in [1.807, 2.05) is 31.2 Å². The van der Waals surface area contributed by atoms with Gasteiger partial charge in [0.1, 0.15) is 11.9 Å². The van der Waals surface area contributed by atoms with Gasteiger partial charge in [0.15, 0.2) is 0 Å². The number of phenols is 1.